The number of Topliss-reactive ketones (excluding diaryl/α,β-unsaturated/α-hetero) is 1. The van der Waals surface area contributed by atoms with E-state index in [1.807, 2.05) is 19.1 Å². The van der Waals surface area contributed by atoms with E-state index in [1.165, 1.54) is 24.3 Å². The van der Waals surface area contributed by atoms with Crippen LogP contribution in [0.2, 0.25) is 5.02 Å². The van der Waals surface area contributed by atoms with Gasteiger partial charge in [0.05, 0.1) is 5.54 Å². The number of hydrogen-bond acceptors (Lipinski definition) is 10. The summed E-state index contributed by atoms with van der Waals surface area (Å²) in [6.45, 7) is 0.235. The molecule has 2 fully saturated rings. The molecule has 0 saturated heterocycles. The maximum Gasteiger partial charge on any atom is 0.422 e. The fourth-order valence-corrected chi connectivity index (χ4v) is 6.16. The minimum absolute atomic E-state index is 0.0347. The zero-order valence-electron chi connectivity index (χ0n) is 28.3. The third-order valence-corrected chi connectivity index (χ3v) is 9.37. The zero-order chi connectivity index (χ0) is 37.5. The third-order valence-electron chi connectivity index (χ3n) is 9.11. The molecule has 0 unspecified atom stereocenters. The summed E-state index contributed by atoms with van der Waals surface area (Å²) >= 11 is 6.02. The number of carboxylic acid groups (broad SMARTS) is 1. The summed E-state index contributed by atoms with van der Waals surface area (Å²) in [5.41, 5.74) is 0.747. The van der Waals surface area contributed by atoms with Gasteiger partial charge in [-0.2, -0.15) is 28.1 Å². The van der Waals surface area contributed by atoms with Crippen LogP contribution < -0.4 is 26.0 Å². The molecule has 1 heterocycles. The first-order valence-electron chi connectivity index (χ1n) is 16.9. The van der Waals surface area contributed by atoms with Crippen molar-refractivity contribution in [3.05, 3.63) is 64.7 Å². The molecule has 278 valence electrons. The number of amides is 2. The maximum atomic E-state index is 12.9. The minimum atomic E-state index is -4.64. The number of ketones is 1. The van der Waals surface area contributed by atoms with E-state index >= 15 is 0 Å². The van der Waals surface area contributed by atoms with Crippen molar-refractivity contribution in [2.75, 3.05) is 17.2 Å². The number of nitrogens with zero attached hydrogens (tertiary/aromatic N) is 3. The van der Waals surface area contributed by atoms with Crippen LogP contribution in [0, 0.1) is 5.92 Å². The van der Waals surface area contributed by atoms with Crippen molar-refractivity contribution in [1.82, 2.24) is 25.6 Å². The number of aromatic nitrogens is 3. The highest BCUT2D eigenvalue weighted by atomic mass is 35.5. The average molecular weight is 746 g/mol. The minimum Gasteiger partial charge on any atom is -0.480 e. The number of ether oxygens (including phenoxy) is 1. The molecule has 13 nitrogen and oxygen atoms in total. The molecule has 52 heavy (non-hydrogen) atoms. The normalized spacial score (nSPS) is 16.6. The first-order chi connectivity index (χ1) is 24.7. The summed E-state index contributed by atoms with van der Waals surface area (Å²) < 4.78 is 43.6. The Labute approximate surface area is 302 Å². The highest BCUT2D eigenvalue weighted by molar-refractivity contribution is 6.36. The molecule has 0 spiro atoms. The van der Waals surface area contributed by atoms with Crippen LogP contribution in [0.4, 0.5) is 30.8 Å². The van der Waals surface area contributed by atoms with Crippen molar-refractivity contribution in [2.24, 2.45) is 5.92 Å². The maximum absolute atomic E-state index is 12.9. The van der Waals surface area contributed by atoms with Crippen molar-refractivity contribution in [3.8, 4) is 6.01 Å². The Balaban J connectivity index is 1.20. The van der Waals surface area contributed by atoms with Crippen LogP contribution in [0.5, 0.6) is 6.01 Å². The Bertz CT molecular complexity index is 1750. The quantitative estimate of drug-likeness (QED) is 0.110. The number of hydrogen-bond donors (Lipinski definition) is 5. The molecule has 2 amide bonds. The zero-order valence-corrected chi connectivity index (χ0v) is 29.0. The van der Waals surface area contributed by atoms with Gasteiger partial charge in [-0.25, -0.2) is 4.79 Å². The Morgan fingerprint density at radius 2 is 1.60 bits per heavy atom. The van der Waals surface area contributed by atoms with E-state index in [0.717, 1.165) is 37.7 Å². The molecule has 0 radical (unpaired) electrons. The van der Waals surface area contributed by atoms with Gasteiger partial charge in [-0.3, -0.25) is 14.4 Å². The largest absolute Gasteiger partial charge is 0.480 e. The van der Waals surface area contributed by atoms with Crippen molar-refractivity contribution in [3.63, 3.8) is 0 Å². The number of alkyl halides is 3. The third kappa shape index (κ3) is 10.8. The molecule has 1 aromatic heterocycles. The first kappa shape index (κ1) is 38.2. The van der Waals surface area contributed by atoms with E-state index in [-0.39, 0.29) is 36.3 Å². The molecule has 3 aromatic rings. The molecule has 2 atom stereocenters. The lowest BCUT2D eigenvalue weighted by Gasteiger charge is -2.28. The number of benzene rings is 2. The Morgan fingerprint density at radius 3 is 2.21 bits per heavy atom. The van der Waals surface area contributed by atoms with Crippen LogP contribution in [0.15, 0.2) is 48.5 Å². The highest BCUT2D eigenvalue weighted by Gasteiger charge is 2.45. The Morgan fingerprint density at radius 1 is 0.942 bits per heavy atom. The fraction of sp³-hybridized carbons (Fsp3) is 0.457. The van der Waals surface area contributed by atoms with Crippen LogP contribution >= 0.6 is 11.6 Å². The smallest absolute Gasteiger partial charge is 0.422 e. The van der Waals surface area contributed by atoms with Gasteiger partial charge in [-0.1, -0.05) is 43.0 Å². The van der Waals surface area contributed by atoms with E-state index in [1.54, 1.807) is 12.1 Å². The van der Waals surface area contributed by atoms with E-state index in [2.05, 4.69) is 36.2 Å². The predicted molar refractivity (Wildman–Crippen MR) is 184 cm³/mol. The van der Waals surface area contributed by atoms with E-state index in [4.69, 9.17) is 16.3 Å². The summed E-state index contributed by atoms with van der Waals surface area (Å²) in [5.74, 6) is -3.54. The summed E-state index contributed by atoms with van der Waals surface area (Å²) in [6.07, 6.45) is 1.37. The van der Waals surface area contributed by atoms with E-state index in [0.29, 0.717) is 29.5 Å². The second kappa shape index (κ2) is 16.6. The molecule has 17 heteroatoms. The van der Waals surface area contributed by atoms with Crippen LogP contribution in [0.1, 0.15) is 80.6 Å². The summed E-state index contributed by atoms with van der Waals surface area (Å²) in [6, 6.07) is 10.6. The second-order valence-corrected chi connectivity index (χ2v) is 13.5. The van der Waals surface area contributed by atoms with Crippen molar-refractivity contribution < 1.29 is 42.2 Å². The van der Waals surface area contributed by atoms with Gasteiger partial charge in [-0.15, -0.1) is 0 Å². The molecule has 2 aliphatic rings. The highest BCUT2D eigenvalue weighted by Crippen LogP contribution is 2.48. The van der Waals surface area contributed by atoms with E-state index < -0.39 is 53.9 Å². The van der Waals surface area contributed by atoms with Crippen molar-refractivity contribution in [1.29, 1.82) is 0 Å². The summed E-state index contributed by atoms with van der Waals surface area (Å²) in [7, 11) is 0. The van der Waals surface area contributed by atoms with Crippen LogP contribution in [0.25, 0.3) is 0 Å². The number of carboxylic acids is 1. The van der Waals surface area contributed by atoms with Gasteiger partial charge in [0.1, 0.15) is 6.04 Å². The molecule has 2 saturated carbocycles. The molecule has 2 aromatic carbocycles. The lowest BCUT2D eigenvalue weighted by atomic mass is 9.84. The molecule has 0 bridgehead atoms. The summed E-state index contributed by atoms with van der Waals surface area (Å²) in [4.78, 5) is 62.1. The lowest BCUT2D eigenvalue weighted by Crippen LogP contribution is -2.44. The van der Waals surface area contributed by atoms with Gasteiger partial charge in [-0.05, 0) is 86.9 Å². The monoisotopic (exact) mass is 745 g/mol. The molecule has 0 aliphatic heterocycles. The first-order valence-corrected chi connectivity index (χ1v) is 17.3. The molecule has 5 N–H and O–H groups in total. The molecular weight excluding hydrogens is 707 g/mol. The SMILES string of the molecule is C[C@@H](NC(=O)C(=O)CC[C@H](NC(=O)c1ccc(Nc2nc(NC3(c4ccc(Cl)cc4)CC3)nc(OCC(F)(F)F)n2)cc1)C(=O)O)C1CCCCC1. The van der Waals surface area contributed by atoms with Gasteiger partial charge >= 0.3 is 18.2 Å². The number of carbonyl (C=O) groups excluding carboxylic acids is 3. The number of halogens is 4. The number of aliphatic carboxylic acids is 1. The van der Waals surface area contributed by atoms with Gasteiger partial charge < -0.3 is 31.1 Å². The Hall–Kier alpha value is -4.99. The van der Waals surface area contributed by atoms with Crippen LogP contribution in [0.3, 0.4) is 0 Å². The van der Waals surface area contributed by atoms with Gasteiger partial charge in [0.2, 0.25) is 17.7 Å². The molecular formula is C35H39ClF3N7O6. The van der Waals surface area contributed by atoms with E-state index in [9.17, 15) is 37.5 Å². The topological polar surface area (TPSA) is 185 Å². The summed E-state index contributed by atoms with van der Waals surface area (Å²) in [5, 5.41) is 21.4. The number of nitrogens with one attached hydrogen (secondary N) is 4. The standard InChI is InChI=1S/C35H39ClF3N7O6/c1-20(21-5-3-2-4-6-21)40-29(49)27(47)16-15-26(30(50)51)42-28(48)22-7-13-25(14-8-22)41-31-43-32(45-33(44-31)52-19-35(37,38)39)46-34(17-18-34)23-9-11-24(36)12-10-23/h7-14,20-21,26H,2-6,15-19H2,1H3,(H,40,49)(H,42,48)(H,50,51)(H2,41,43,44,45,46)/t20-,26+/m1/s1. The fourth-order valence-electron chi connectivity index (χ4n) is 6.03. The number of carbonyl (C=O) groups is 4. The van der Waals surface area contributed by atoms with Crippen LogP contribution in [-0.4, -0.2) is 68.5 Å². The number of rotatable bonds is 16. The van der Waals surface area contributed by atoms with Crippen LogP contribution in [-0.2, 0) is 19.9 Å². The second-order valence-electron chi connectivity index (χ2n) is 13.1. The van der Waals surface area contributed by atoms with Gasteiger partial charge in [0, 0.05) is 28.7 Å². The molecule has 2 aliphatic carbocycles. The van der Waals surface area contributed by atoms with Crippen molar-refractivity contribution in [2.45, 2.75) is 88.5 Å². The van der Waals surface area contributed by atoms with Gasteiger partial charge in [0.25, 0.3) is 11.8 Å². The Kier molecular flexibility index (Phi) is 12.2. The predicted octanol–water partition coefficient (Wildman–Crippen LogP) is 5.93. The molecule has 5 rings (SSSR count). The van der Waals surface area contributed by atoms with Crippen molar-refractivity contribution >= 4 is 52.8 Å². The average Bonchev–Trinajstić information content (AvgIpc) is 3.89. The lowest BCUT2D eigenvalue weighted by molar-refractivity contribution is -0.154. The van der Waals surface area contributed by atoms with Gasteiger partial charge in [0.15, 0.2) is 6.61 Å². The number of anilines is 3.